The molecule has 0 spiro atoms. The maximum absolute atomic E-state index is 13.1. The van der Waals surface area contributed by atoms with Gasteiger partial charge in [-0.15, -0.1) is 0 Å². The van der Waals surface area contributed by atoms with Crippen molar-refractivity contribution in [1.82, 2.24) is 18.7 Å². The van der Waals surface area contributed by atoms with Gasteiger partial charge in [-0.25, -0.2) is 14.3 Å². The number of amides is 1. The maximum atomic E-state index is 13.1. The molecule has 0 saturated carbocycles. The van der Waals surface area contributed by atoms with E-state index in [-0.39, 0.29) is 6.54 Å². The Morgan fingerprint density at radius 1 is 1.00 bits per heavy atom. The number of aromatic nitrogens is 4. The summed E-state index contributed by atoms with van der Waals surface area (Å²) in [6.07, 6.45) is 5.10. The third kappa shape index (κ3) is 4.37. The van der Waals surface area contributed by atoms with Crippen molar-refractivity contribution in [1.29, 1.82) is 0 Å². The van der Waals surface area contributed by atoms with Gasteiger partial charge in [-0.05, 0) is 37.0 Å². The lowest BCUT2D eigenvalue weighted by Gasteiger charge is -2.12. The van der Waals surface area contributed by atoms with E-state index in [4.69, 9.17) is 0 Å². The van der Waals surface area contributed by atoms with Crippen LogP contribution in [0, 0.1) is 0 Å². The Morgan fingerprint density at radius 2 is 1.73 bits per heavy atom. The van der Waals surface area contributed by atoms with Crippen molar-refractivity contribution in [3.05, 3.63) is 57.0 Å². The number of hydrogen-bond donors (Lipinski definition) is 1. The fourth-order valence-corrected chi connectivity index (χ4v) is 3.47. The molecule has 0 aliphatic carbocycles. The molecule has 3 rings (SSSR count). The van der Waals surface area contributed by atoms with E-state index in [1.54, 1.807) is 10.9 Å². The average Bonchev–Trinajstić information content (AvgIpc) is 3.17. The highest BCUT2D eigenvalue weighted by Gasteiger charge is 2.19. The third-order valence-electron chi connectivity index (χ3n) is 5.13. The second kappa shape index (κ2) is 9.56. The molecule has 0 radical (unpaired) electrons. The van der Waals surface area contributed by atoms with Crippen molar-refractivity contribution >= 4 is 22.8 Å². The number of carbonyl (C=O) groups is 1. The monoisotopic (exact) mass is 411 g/mol. The molecule has 0 saturated heterocycles. The van der Waals surface area contributed by atoms with Gasteiger partial charge in [-0.3, -0.25) is 14.2 Å². The minimum absolute atomic E-state index is 0.341. The van der Waals surface area contributed by atoms with Gasteiger partial charge in [0, 0.05) is 18.8 Å². The van der Waals surface area contributed by atoms with Crippen LogP contribution in [0.1, 0.15) is 45.6 Å². The quantitative estimate of drug-likeness (QED) is 0.586. The Labute approximate surface area is 175 Å². The summed E-state index contributed by atoms with van der Waals surface area (Å²) < 4.78 is 4.28. The zero-order valence-electron chi connectivity index (χ0n) is 17.9. The first-order valence-electron chi connectivity index (χ1n) is 10.6. The summed E-state index contributed by atoms with van der Waals surface area (Å²) in [6, 6.07) is 7.51. The number of aryl methyl sites for hydroxylation is 3. The Kier molecular flexibility index (Phi) is 6.87. The lowest BCUT2D eigenvalue weighted by Crippen LogP contribution is -2.43. The van der Waals surface area contributed by atoms with Crippen molar-refractivity contribution in [2.24, 2.45) is 0 Å². The molecule has 160 valence electrons. The van der Waals surface area contributed by atoms with Gasteiger partial charge in [0.2, 0.25) is 5.91 Å². The Morgan fingerprint density at radius 3 is 2.37 bits per heavy atom. The minimum atomic E-state index is -0.508. The molecular weight excluding hydrogens is 382 g/mol. The molecular formula is C22H29N5O3. The first-order chi connectivity index (χ1) is 14.5. The van der Waals surface area contributed by atoms with Crippen LogP contribution in [0.4, 0.5) is 5.69 Å². The van der Waals surface area contributed by atoms with Gasteiger partial charge < -0.3 is 9.88 Å². The number of unbranched alkanes of at least 4 members (excludes halogenated alkanes) is 1. The molecule has 0 unspecified atom stereocenters. The number of benzene rings is 1. The minimum Gasteiger partial charge on any atom is -0.325 e. The zero-order valence-corrected chi connectivity index (χ0v) is 17.9. The van der Waals surface area contributed by atoms with Crippen LogP contribution in [-0.4, -0.2) is 24.6 Å². The van der Waals surface area contributed by atoms with Crippen LogP contribution in [0.25, 0.3) is 11.2 Å². The van der Waals surface area contributed by atoms with Crippen molar-refractivity contribution < 1.29 is 4.79 Å². The van der Waals surface area contributed by atoms with Crippen LogP contribution in [-0.2, 0) is 30.8 Å². The lowest BCUT2D eigenvalue weighted by atomic mass is 10.1. The van der Waals surface area contributed by atoms with Gasteiger partial charge >= 0.3 is 5.69 Å². The second-order valence-electron chi connectivity index (χ2n) is 7.39. The van der Waals surface area contributed by atoms with Crippen molar-refractivity contribution in [2.45, 2.75) is 66.1 Å². The summed E-state index contributed by atoms with van der Waals surface area (Å²) in [4.78, 5) is 43.0. The van der Waals surface area contributed by atoms with Gasteiger partial charge in [0.15, 0.2) is 11.2 Å². The number of rotatable bonds is 9. The first kappa shape index (κ1) is 21.5. The van der Waals surface area contributed by atoms with E-state index in [9.17, 15) is 14.4 Å². The van der Waals surface area contributed by atoms with Gasteiger partial charge in [0.05, 0.1) is 6.33 Å². The van der Waals surface area contributed by atoms with Crippen LogP contribution >= 0.6 is 0 Å². The molecule has 8 nitrogen and oxygen atoms in total. The van der Waals surface area contributed by atoms with E-state index in [2.05, 4.69) is 24.1 Å². The highest BCUT2D eigenvalue weighted by molar-refractivity contribution is 5.90. The van der Waals surface area contributed by atoms with Crippen LogP contribution in [0.2, 0.25) is 0 Å². The number of nitrogens with one attached hydrogen (secondary N) is 1. The summed E-state index contributed by atoms with van der Waals surface area (Å²) in [5, 5.41) is 2.77. The van der Waals surface area contributed by atoms with E-state index in [0.29, 0.717) is 36.4 Å². The molecule has 2 heterocycles. The smallest absolute Gasteiger partial charge is 0.325 e. The average molecular weight is 412 g/mol. The van der Waals surface area contributed by atoms with E-state index in [0.717, 1.165) is 29.4 Å². The topological polar surface area (TPSA) is 90.9 Å². The largest absolute Gasteiger partial charge is 0.333 e. The van der Waals surface area contributed by atoms with Crippen LogP contribution in [0.3, 0.4) is 0 Å². The summed E-state index contributed by atoms with van der Waals surface area (Å²) in [6.45, 7) is 6.81. The zero-order chi connectivity index (χ0) is 21.7. The van der Waals surface area contributed by atoms with Gasteiger partial charge in [0.25, 0.3) is 5.56 Å². The second-order valence-corrected chi connectivity index (χ2v) is 7.39. The molecule has 0 bridgehead atoms. The molecule has 0 fully saturated rings. The molecule has 0 atom stereocenters. The number of anilines is 1. The number of carbonyl (C=O) groups excluding carboxylic acids is 1. The van der Waals surface area contributed by atoms with Gasteiger partial charge in [-0.1, -0.05) is 39.3 Å². The Hall–Kier alpha value is -3.16. The van der Waals surface area contributed by atoms with E-state index >= 15 is 0 Å². The van der Waals surface area contributed by atoms with Crippen LogP contribution in [0.15, 0.2) is 40.2 Å². The molecule has 0 aliphatic heterocycles. The van der Waals surface area contributed by atoms with Crippen molar-refractivity contribution in [2.75, 3.05) is 5.32 Å². The van der Waals surface area contributed by atoms with Crippen LogP contribution < -0.4 is 16.6 Å². The van der Waals surface area contributed by atoms with Crippen LogP contribution in [0.5, 0.6) is 0 Å². The fraction of sp³-hybridized carbons (Fsp3) is 0.455. The molecule has 2 aromatic heterocycles. The highest BCUT2D eigenvalue weighted by atomic mass is 16.2. The Bertz CT molecular complexity index is 1140. The lowest BCUT2D eigenvalue weighted by molar-refractivity contribution is -0.116. The van der Waals surface area contributed by atoms with Crippen molar-refractivity contribution in [3.8, 4) is 0 Å². The van der Waals surface area contributed by atoms with E-state index < -0.39 is 17.2 Å². The van der Waals surface area contributed by atoms with Crippen molar-refractivity contribution in [3.63, 3.8) is 0 Å². The first-order valence-corrected chi connectivity index (χ1v) is 10.6. The van der Waals surface area contributed by atoms with E-state index in [1.165, 1.54) is 4.57 Å². The summed E-state index contributed by atoms with van der Waals surface area (Å²) in [5.74, 6) is -0.416. The fourth-order valence-electron chi connectivity index (χ4n) is 3.47. The normalized spacial score (nSPS) is 11.2. The molecule has 1 aromatic carbocycles. The molecule has 0 aliphatic rings. The number of fused-ring (bicyclic) bond motifs is 1. The SMILES string of the molecule is CCCCn1cnc2c1c(=O)n(CC(=O)Nc1ccc(CC)cc1)c(=O)n2CCC. The molecule has 3 aromatic rings. The number of hydrogen-bond acceptors (Lipinski definition) is 4. The maximum Gasteiger partial charge on any atom is 0.333 e. The summed E-state index contributed by atoms with van der Waals surface area (Å²) in [5.41, 5.74) is 1.57. The standard InChI is InChI=1S/C22H29N5O3/c1-4-7-13-25-15-23-20-19(25)21(29)27(22(30)26(20)12-5-2)14-18(28)24-17-10-8-16(6-3)9-11-17/h8-11,15H,4-7,12-14H2,1-3H3,(H,24,28). The highest BCUT2D eigenvalue weighted by Crippen LogP contribution is 2.11. The molecule has 30 heavy (non-hydrogen) atoms. The third-order valence-corrected chi connectivity index (χ3v) is 5.13. The Balaban J connectivity index is 1.97. The van der Waals surface area contributed by atoms with Gasteiger partial charge in [-0.2, -0.15) is 0 Å². The number of imidazole rings is 1. The predicted molar refractivity (Wildman–Crippen MR) is 118 cm³/mol. The van der Waals surface area contributed by atoms with Gasteiger partial charge in [0.1, 0.15) is 6.54 Å². The molecule has 8 heteroatoms. The predicted octanol–water partition coefficient (Wildman–Crippen LogP) is 2.77. The molecule has 1 N–H and O–H groups in total. The summed E-state index contributed by atoms with van der Waals surface area (Å²) in [7, 11) is 0. The van der Waals surface area contributed by atoms with E-state index in [1.807, 2.05) is 31.2 Å². The molecule has 1 amide bonds. The number of nitrogens with zero attached hydrogens (tertiary/aromatic N) is 4. The summed E-state index contributed by atoms with van der Waals surface area (Å²) >= 11 is 0.